The third-order valence-electron chi connectivity index (χ3n) is 3.33. The lowest BCUT2D eigenvalue weighted by atomic mass is 10.0. The zero-order chi connectivity index (χ0) is 16.3. The van der Waals surface area contributed by atoms with Crippen molar-refractivity contribution in [1.29, 1.82) is 0 Å². The van der Waals surface area contributed by atoms with Gasteiger partial charge < -0.3 is 4.52 Å². The molecule has 1 unspecified atom stereocenters. The number of hydrogen-bond donors (Lipinski definition) is 0. The second-order valence-electron chi connectivity index (χ2n) is 5.02. The van der Waals surface area contributed by atoms with Crippen LogP contribution in [-0.2, 0) is 16.3 Å². The summed E-state index contributed by atoms with van der Waals surface area (Å²) in [6.07, 6.45) is -0.987. The minimum Gasteiger partial charge on any atom is -0.339 e. The largest absolute Gasteiger partial charge is 0.339 e. The topological polar surface area (TPSA) is 73.1 Å². The SMILES string of the molecule is CCC(Cc1nc(-c2ccc(S(C)(=O)=O)cc2)no1)C(F)F. The first-order chi connectivity index (χ1) is 10.3. The van der Waals surface area contributed by atoms with E-state index in [9.17, 15) is 17.2 Å². The molecule has 0 radical (unpaired) electrons. The molecule has 0 aliphatic carbocycles. The van der Waals surface area contributed by atoms with E-state index in [2.05, 4.69) is 10.1 Å². The maximum Gasteiger partial charge on any atom is 0.241 e. The maximum absolute atomic E-state index is 12.7. The highest BCUT2D eigenvalue weighted by Gasteiger charge is 2.22. The Labute approximate surface area is 127 Å². The van der Waals surface area contributed by atoms with Crippen LogP contribution in [0.5, 0.6) is 0 Å². The normalized spacial score (nSPS) is 13.5. The van der Waals surface area contributed by atoms with E-state index in [0.717, 1.165) is 6.26 Å². The molecule has 2 aromatic rings. The lowest BCUT2D eigenvalue weighted by Crippen LogP contribution is -2.13. The summed E-state index contributed by atoms with van der Waals surface area (Å²) in [6.45, 7) is 1.68. The third kappa shape index (κ3) is 3.88. The number of alkyl halides is 2. The minimum absolute atomic E-state index is 0.0165. The zero-order valence-electron chi connectivity index (χ0n) is 12.2. The number of sulfone groups is 1. The van der Waals surface area contributed by atoms with Crippen molar-refractivity contribution in [1.82, 2.24) is 10.1 Å². The standard InChI is InChI=1S/C14H16F2N2O3S/c1-3-9(13(15)16)8-12-17-14(18-21-12)10-4-6-11(7-5-10)22(2,19)20/h4-7,9,13H,3,8H2,1-2H3. The Kier molecular flexibility index (Phi) is 4.90. The van der Waals surface area contributed by atoms with Gasteiger partial charge in [0.15, 0.2) is 9.84 Å². The number of halogens is 2. The molecule has 0 fully saturated rings. The quantitative estimate of drug-likeness (QED) is 0.814. The summed E-state index contributed by atoms with van der Waals surface area (Å²) >= 11 is 0. The van der Waals surface area contributed by atoms with Gasteiger partial charge in [0.25, 0.3) is 0 Å². The Hall–Kier alpha value is -1.83. The van der Waals surface area contributed by atoms with Crippen molar-refractivity contribution in [2.75, 3.05) is 6.26 Å². The summed E-state index contributed by atoms with van der Waals surface area (Å²) in [5.74, 6) is -0.422. The summed E-state index contributed by atoms with van der Waals surface area (Å²) < 4.78 is 53.2. The molecule has 120 valence electrons. The predicted octanol–water partition coefficient (Wildman–Crippen LogP) is 2.97. The second-order valence-corrected chi connectivity index (χ2v) is 7.03. The van der Waals surface area contributed by atoms with Gasteiger partial charge in [-0.15, -0.1) is 0 Å². The van der Waals surface area contributed by atoms with Gasteiger partial charge in [0.05, 0.1) is 4.90 Å². The van der Waals surface area contributed by atoms with Gasteiger partial charge in [0.2, 0.25) is 18.1 Å². The first-order valence-electron chi connectivity index (χ1n) is 6.72. The summed E-state index contributed by atoms with van der Waals surface area (Å²) in [6, 6.07) is 5.98. The molecule has 1 atom stereocenters. The molecule has 1 heterocycles. The van der Waals surface area contributed by atoms with E-state index in [4.69, 9.17) is 4.52 Å². The zero-order valence-corrected chi connectivity index (χ0v) is 13.0. The molecule has 1 aromatic heterocycles. The molecule has 22 heavy (non-hydrogen) atoms. The molecule has 5 nitrogen and oxygen atoms in total. The van der Waals surface area contributed by atoms with E-state index in [-0.39, 0.29) is 23.0 Å². The van der Waals surface area contributed by atoms with Crippen molar-refractivity contribution in [3.63, 3.8) is 0 Å². The first kappa shape index (κ1) is 16.5. The molecule has 8 heteroatoms. The fourth-order valence-electron chi connectivity index (χ4n) is 1.94. The smallest absolute Gasteiger partial charge is 0.241 e. The Morgan fingerprint density at radius 2 is 1.86 bits per heavy atom. The highest BCUT2D eigenvalue weighted by Crippen LogP contribution is 2.22. The summed E-state index contributed by atoms with van der Waals surface area (Å²) in [5, 5.41) is 3.74. The van der Waals surface area contributed by atoms with Gasteiger partial charge in [-0.3, -0.25) is 0 Å². The molecule has 1 aromatic carbocycles. The maximum atomic E-state index is 12.7. The van der Waals surface area contributed by atoms with E-state index in [1.54, 1.807) is 19.1 Å². The van der Waals surface area contributed by atoms with Crippen molar-refractivity contribution >= 4 is 9.84 Å². The van der Waals surface area contributed by atoms with E-state index in [1.807, 2.05) is 0 Å². The predicted molar refractivity (Wildman–Crippen MR) is 76.3 cm³/mol. The van der Waals surface area contributed by atoms with Crippen LogP contribution in [0.25, 0.3) is 11.4 Å². The van der Waals surface area contributed by atoms with Crippen molar-refractivity contribution in [2.24, 2.45) is 5.92 Å². The van der Waals surface area contributed by atoms with Crippen LogP contribution in [0.1, 0.15) is 19.2 Å². The molecular formula is C14H16F2N2O3S. The summed E-state index contributed by atoms with van der Waals surface area (Å²) in [4.78, 5) is 4.27. The van der Waals surface area contributed by atoms with E-state index in [0.29, 0.717) is 12.0 Å². The number of benzene rings is 1. The van der Waals surface area contributed by atoms with Crippen LogP contribution in [0.15, 0.2) is 33.7 Å². The highest BCUT2D eigenvalue weighted by molar-refractivity contribution is 7.90. The Morgan fingerprint density at radius 1 is 1.23 bits per heavy atom. The minimum atomic E-state index is -3.27. The van der Waals surface area contributed by atoms with Crippen molar-refractivity contribution < 1.29 is 21.7 Å². The van der Waals surface area contributed by atoms with Gasteiger partial charge in [-0.05, 0) is 30.7 Å². The van der Waals surface area contributed by atoms with Crippen molar-refractivity contribution in [3.8, 4) is 11.4 Å². The van der Waals surface area contributed by atoms with Gasteiger partial charge in [0.1, 0.15) is 0 Å². The monoisotopic (exact) mass is 330 g/mol. The van der Waals surface area contributed by atoms with Crippen LogP contribution in [0.3, 0.4) is 0 Å². The van der Waals surface area contributed by atoms with Crippen LogP contribution >= 0.6 is 0 Å². The molecule has 0 aliphatic rings. The number of rotatable bonds is 6. The van der Waals surface area contributed by atoms with Gasteiger partial charge in [-0.25, -0.2) is 17.2 Å². The fraction of sp³-hybridized carbons (Fsp3) is 0.429. The molecular weight excluding hydrogens is 314 g/mol. The molecule has 0 spiro atoms. The second kappa shape index (κ2) is 6.51. The number of nitrogens with zero attached hydrogens (tertiary/aromatic N) is 2. The van der Waals surface area contributed by atoms with Crippen LogP contribution in [0, 0.1) is 5.92 Å². The van der Waals surface area contributed by atoms with Crippen LogP contribution < -0.4 is 0 Å². The molecule has 0 aliphatic heterocycles. The molecule has 0 saturated heterocycles. The van der Waals surface area contributed by atoms with Crippen LogP contribution in [-0.4, -0.2) is 31.2 Å². The third-order valence-corrected chi connectivity index (χ3v) is 4.45. The number of aromatic nitrogens is 2. The molecule has 0 N–H and O–H groups in total. The van der Waals surface area contributed by atoms with E-state index < -0.39 is 22.2 Å². The average Bonchev–Trinajstić information content (AvgIpc) is 2.92. The highest BCUT2D eigenvalue weighted by atomic mass is 32.2. The molecule has 0 amide bonds. The van der Waals surface area contributed by atoms with E-state index >= 15 is 0 Å². The van der Waals surface area contributed by atoms with Crippen molar-refractivity contribution in [2.45, 2.75) is 31.1 Å². The Morgan fingerprint density at radius 3 is 2.36 bits per heavy atom. The van der Waals surface area contributed by atoms with E-state index in [1.165, 1.54) is 12.1 Å². The lowest BCUT2D eigenvalue weighted by Gasteiger charge is -2.09. The van der Waals surface area contributed by atoms with Crippen LogP contribution in [0.4, 0.5) is 8.78 Å². The Bertz CT molecular complexity index is 727. The summed E-state index contributed by atoms with van der Waals surface area (Å²) in [7, 11) is -3.27. The van der Waals surface area contributed by atoms with Crippen LogP contribution in [0.2, 0.25) is 0 Å². The number of hydrogen-bond acceptors (Lipinski definition) is 5. The fourth-order valence-corrected chi connectivity index (χ4v) is 2.57. The van der Waals surface area contributed by atoms with Crippen molar-refractivity contribution in [3.05, 3.63) is 30.2 Å². The molecule has 0 saturated carbocycles. The summed E-state index contributed by atoms with van der Waals surface area (Å²) in [5.41, 5.74) is 0.562. The van der Waals surface area contributed by atoms with Gasteiger partial charge in [-0.1, -0.05) is 12.1 Å². The van der Waals surface area contributed by atoms with Gasteiger partial charge in [-0.2, -0.15) is 4.98 Å². The lowest BCUT2D eigenvalue weighted by molar-refractivity contribution is 0.0704. The van der Waals surface area contributed by atoms with Gasteiger partial charge >= 0.3 is 0 Å². The average molecular weight is 330 g/mol. The van der Waals surface area contributed by atoms with Gasteiger partial charge in [0, 0.05) is 24.2 Å². The Balaban J connectivity index is 2.18. The molecule has 2 rings (SSSR count). The molecule has 0 bridgehead atoms. The first-order valence-corrected chi connectivity index (χ1v) is 8.61.